The minimum atomic E-state index is -3.12. The second-order valence-corrected chi connectivity index (χ2v) is 6.99. The summed E-state index contributed by atoms with van der Waals surface area (Å²) >= 11 is 0. The summed E-state index contributed by atoms with van der Waals surface area (Å²) in [5.41, 5.74) is 0. The Labute approximate surface area is 111 Å². The first-order chi connectivity index (χ1) is 8.60. The summed E-state index contributed by atoms with van der Waals surface area (Å²) in [5, 5.41) is 3.39. The fourth-order valence-corrected chi connectivity index (χ4v) is 3.96. The van der Waals surface area contributed by atoms with Crippen LogP contribution in [0, 0.1) is 0 Å². The summed E-state index contributed by atoms with van der Waals surface area (Å²) in [6.07, 6.45) is 6.75. The first kappa shape index (κ1) is 15.7. The van der Waals surface area contributed by atoms with Gasteiger partial charge in [0.2, 0.25) is 10.0 Å². The van der Waals surface area contributed by atoms with E-state index in [-0.39, 0.29) is 5.75 Å². The van der Waals surface area contributed by atoms with E-state index in [4.69, 9.17) is 0 Å². The molecule has 1 unspecified atom stereocenters. The molecule has 0 saturated carbocycles. The number of hydrogen-bond donors (Lipinski definition) is 1. The van der Waals surface area contributed by atoms with Crippen molar-refractivity contribution in [3.63, 3.8) is 0 Å². The van der Waals surface area contributed by atoms with Crippen molar-refractivity contribution in [2.75, 3.05) is 25.4 Å². The molecule has 1 atom stereocenters. The van der Waals surface area contributed by atoms with Gasteiger partial charge in [-0.3, -0.25) is 0 Å². The van der Waals surface area contributed by atoms with Crippen LogP contribution in [0.25, 0.3) is 0 Å². The van der Waals surface area contributed by atoms with Crippen LogP contribution in [-0.4, -0.2) is 44.2 Å². The lowest BCUT2D eigenvalue weighted by atomic mass is 10.0. The Balaban J connectivity index is 2.47. The monoisotopic (exact) mass is 274 g/mol. The van der Waals surface area contributed by atoms with Crippen molar-refractivity contribution < 1.29 is 8.42 Å². The zero-order chi connectivity index (χ0) is 13.4. The van der Waals surface area contributed by atoms with Crippen molar-refractivity contribution in [2.45, 2.75) is 45.1 Å². The largest absolute Gasteiger partial charge is 0.314 e. The number of sulfonamides is 1. The van der Waals surface area contributed by atoms with Crippen LogP contribution in [0.5, 0.6) is 0 Å². The molecule has 1 rings (SSSR count). The van der Waals surface area contributed by atoms with Gasteiger partial charge in [-0.1, -0.05) is 19.4 Å². The first-order valence-electron chi connectivity index (χ1n) is 6.92. The molecular weight excluding hydrogens is 248 g/mol. The van der Waals surface area contributed by atoms with Crippen LogP contribution in [0.2, 0.25) is 0 Å². The van der Waals surface area contributed by atoms with Gasteiger partial charge in [0.15, 0.2) is 0 Å². The van der Waals surface area contributed by atoms with Crippen molar-refractivity contribution in [3.05, 3.63) is 12.7 Å². The summed E-state index contributed by atoms with van der Waals surface area (Å²) in [4.78, 5) is 0. The third kappa shape index (κ3) is 5.08. The average Bonchev–Trinajstić information content (AvgIpc) is 2.37. The molecule has 0 radical (unpaired) electrons. The Bertz CT molecular complexity index is 335. The maximum Gasteiger partial charge on any atom is 0.214 e. The highest BCUT2D eigenvalue weighted by atomic mass is 32.2. The van der Waals surface area contributed by atoms with Gasteiger partial charge in [0, 0.05) is 19.1 Å². The topological polar surface area (TPSA) is 49.4 Å². The minimum Gasteiger partial charge on any atom is -0.314 e. The van der Waals surface area contributed by atoms with Gasteiger partial charge in [-0.05, 0) is 32.2 Å². The molecule has 18 heavy (non-hydrogen) atoms. The normalized spacial score (nSPS) is 21.1. The molecule has 1 aliphatic heterocycles. The maximum atomic E-state index is 12.2. The molecule has 0 bridgehead atoms. The van der Waals surface area contributed by atoms with Crippen LogP contribution < -0.4 is 5.32 Å². The van der Waals surface area contributed by atoms with Gasteiger partial charge < -0.3 is 5.32 Å². The average molecular weight is 274 g/mol. The standard InChI is InChI=1S/C13H26N2O2S/c1-3-10-15(11-4-2)18(16,17)12-8-13-7-5-6-9-14-13/h3,13-14H,1,4-12H2,2H3. The Morgan fingerprint density at radius 1 is 1.44 bits per heavy atom. The lowest BCUT2D eigenvalue weighted by Crippen LogP contribution is -2.39. The zero-order valence-electron chi connectivity index (χ0n) is 11.4. The number of rotatable bonds is 8. The summed E-state index contributed by atoms with van der Waals surface area (Å²) in [7, 11) is -3.12. The second-order valence-electron chi connectivity index (χ2n) is 4.90. The van der Waals surface area contributed by atoms with Gasteiger partial charge in [0.05, 0.1) is 5.75 Å². The van der Waals surface area contributed by atoms with Crippen LogP contribution in [0.15, 0.2) is 12.7 Å². The highest BCUT2D eigenvalue weighted by molar-refractivity contribution is 7.89. The molecule has 1 fully saturated rings. The van der Waals surface area contributed by atoms with E-state index in [2.05, 4.69) is 11.9 Å². The lowest BCUT2D eigenvalue weighted by Gasteiger charge is -2.25. The molecule has 0 aromatic rings. The first-order valence-corrected chi connectivity index (χ1v) is 8.53. The third-order valence-corrected chi connectivity index (χ3v) is 5.21. The number of piperidine rings is 1. The van der Waals surface area contributed by atoms with Crippen LogP contribution in [0.3, 0.4) is 0 Å². The summed E-state index contributed by atoms with van der Waals surface area (Å²) in [6.45, 7) is 7.66. The van der Waals surface area contributed by atoms with Gasteiger partial charge in [-0.2, -0.15) is 4.31 Å². The molecule has 0 amide bonds. The maximum absolute atomic E-state index is 12.2. The summed E-state index contributed by atoms with van der Waals surface area (Å²) in [5.74, 6) is 0.249. The van der Waals surface area contributed by atoms with E-state index in [1.54, 1.807) is 10.4 Å². The van der Waals surface area contributed by atoms with Gasteiger partial charge in [-0.25, -0.2) is 8.42 Å². The molecule has 1 heterocycles. The molecule has 0 aromatic heterocycles. The molecule has 4 nitrogen and oxygen atoms in total. The molecule has 1 N–H and O–H groups in total. The van der Waals surface area contributed by atoms with Crippen molar-refractivity contribution >= 4 is 10.0 Å². The van der Waals surface area contributed by atoms with Crippen molar-refractivity contribution in [3.8, 4) is 0 Å². The van der Waals surface area contributed by atoms with Gasteiger partial charge in [0.25, 0.3) is 0 Å². The van der Waals surface area contributed by atoms with Crippen LogP contribution in [-0.2, 0) is 10.0 Å². The van der Waals surface area contributed by atoms with Crippen LogP contribution in [0.4, 0.5) is 0 Å². The molecule has 0 aromatic carbocycles. The Morgan fingerprint density at radius 3 is 2.78 bits per heavy atom. The van der Waals surface area contributed by atoms with Gasteiger partial charge in [-0.15, -0.1) is 6.58 Å². The fraction of sp³-hybridized carbons (Fsp3) is 0.846. The number of nitrogens with zero attached hydrogens (tertiary/aromatic N) is 1. The predicted octanol–water partition coefficient (Wildman–Crippen LogP) is 1.75. The number of nitrogens with one attached hydrogen (secondary N) is 1. The highest BCUT2D eigenvalue weighted by Gasteiger charge is 2.22. The van der Waals surface area contributed by atoms with Crippen molar-refractivity contribution in [1.29, 1.82) is 0 Å². The van der Waals surface area contributed by atoms with Gasteiger partial charge in [0.1, 0.15) is 0 Å². The van der Waals surface area contributed by atoms with Crippen molar-refractivity contribution in [2.24, 2.45) is 0 Å². The quantitative estimate of drug-likeness (QED) is 0.686. The van der Waals surface area contributed by atoms with E-state index in [0.717, 1.165) is 25.8 Å². The molecule has 106 valence electrons. The van der Waals surface area contributed by atoms with E-state index >= 15 is 0 Å². The second kappa shape index (κ2) is 7.92. The van der Waals surface area contributed by atoms with E-state index in [9.17, 15) is 8.42 Å². The summed E-state index contributed by atoms with van der Waals surface area (Å²) < 4.78 is 26.0. The zero-order valence-corrected chi connectivity index (χ0v) is 12.2. The Hall–Kier alpha value is -0.390. The van der Waals surface area contributed by atoms with Gasteiger partial charge >= 0.3 is 0 Å². The number of hydrogen-bond acceptors (Lipinski definition) is 3. The fourth-order valence-electron chi connectivity index (χ4n) is 2.33. The summed E-state index contributed by atoms with van der Waals surface area (Å²) in [6, 6.07) is 0.376. The van der Waals surface area contributed by atoms with Crippen molar-refractivity contribution in [1.82, 2.24) is 9.62 Å². The third-order valence-electron chi connectivity index (χ3n) is 3.34. The van der Waals surface area contributed by atoms with E-state index in [1.165, 1.54) is 12.8 Å². The molecular formula is C13H26N2O2S. The smallest absolute Gasteiger partial charge is 0.214 e. The Kier molecular flexibility index (Phi) is 6.89. The van der Waals surface area contributed by atoms with Crippen LogP contribution in [0.1, 0.15) is 39.0 Å². The lowest BCUT2D eigenvalue weighted by molar-refractivity contribution is 0.386. The molecule has 0 spiro atoms. The van der Waals surface area contributed by atoms with E-state index < -0.39 is 10.0 Å². The molecule has 0 aliphatic carbocycles. The SMILES string of the molecule is C=CCN(CCC)S(=O)(=O)CCC1CCCCN1. The predicted molar refractivity (Wildman–Crippen MR) is 76.1 cm³/mol. The minimum absolute atomic E-state index is 0.249. The molecule has 1 saturated heterocycles. The van der Waals surface area contributed by atoms with Crippen LogP contribution >= 0.6 is 0 Å². The van der Waals surface area contributed by atoms with E-state index in [0.29, 0.717) is 19.1 Å². The Morgan fingerprint density at radius 2 is 2.22 bits per heavy atom. The van der Waals surface area contributed by atoms with E-state index in [1.807, 2.05) is 6.92 Å². The molecule has 5 heteroatoms. The molecule has 1 aliphatic rings. The highest BCUT2D eigenvalue weighted by Crippen LogP contribution is 2.13.